The summed E-state index contributed by atoms with van der Waals surface area (Å²) in [5, 5.41) is 11.5. The lowest BCUT2D eigenvalue weighted by molar-refractivity contribution is 0.403. The van der Waals surface area contributed by atoms with Gasteiger partial charge in [-0.1, -0.05) is 59.2 Å². The maximum Gasteiger partial charge on any atom is 0.159 e. The SMILES string of the molecule is C=C/C(=C\C(=C/C)C(=C)/C(F)=c1/c(-c2nc3c(-c4ccc(C(=C)C)s4)cncc3[nH]2)n[nH]/c1=C/C)NC(=C)CC(C)(C)C. The quantitative estimate of drug-likeness (QED) is 0.162. The third-order valence-electron chi connectivity index (χ3n) is 6.73. The van der Waals surface area contributed by atoms with E-state index in [1.54, 1.807) is 35.9 Å². The first kappa shape index (κ1) is 31.4. The summed E-state index contributed by atoms with van der Waals surface area (Å²) in [7, 11) is 0. The van der Waals surface area contributed by atoms with E-state index in [2.05, 4.69) is 72.6 Å². The van der Waals surface area contributed by atoms with Crippen molar-refractivity contribution in [2.75, 3.05) is 0 Å². The van der Waals surface area contributed by atoms with E-state index in [9.17, 15) is 0 Å². The molecule has 3 N–H and O–H groups in total. The van der Waals surface area contributed by atoms with Gasteiger partial charge in [0.05, 0.1) is 22.3 Å². The van der Waals surface area contributed by atoms with E-state index in [1.807, 2.05) is 45.1 Å². The number of nitrogens with one attached hydrogen (secondary N) is 3. The smallest absolute Gasteiger partial charge is 0.159 e. The number of hydrogen-bond acceptors (Lipinski definition) is 5. The van der Waals surface area contributed by atoms with Crippen molar-refractivity contribution in [2.45, 2.75) is 48.0 Å². The van der Waals surface area contributed by atoms with Crippen LogP contribution >= 0.6 is 11.3 Å². The van der Waals surface area contributed by atoms with Crippen molar-refractivity contribution in [3.05, 3.63) is 107 Å². The number of fused-ring (bicyclic) bond motifs is 1. The van der Waals surface area contributed by atoms with Crippen molar-refractivity contribution in [1.29, 1.82) is 0 Å². The number of hydrogen-bond donors (Lipinski definition) is 3. The molecule has 4 rings (SSSR count). The van der Waals surface area contributed by atoms with Crippen LogP contribution in [0, 0.1) is 5.41 Å². The van der Waals surface area contributed by atoms with Crippen LogP contribution in [0.5, 0.6) is 0 Å². The van der Waals surface area contributed by atoms with Crippen LogP contribution in [0.2, 0.25) is 0 Å². The minimum Gasteiger partial charge on any atom is -0.359 e. The second-order valence-corrected chi connectivity index (χ2v) is 12.7. The van der Waals surface area contributed by atoms with Gasteiger partial charge in [-0.05, 0) is 68.0 Å². The average molecular weight is 595 g/mol. The third-order valence-corrected chi connectivity index (χ3v) is 8.01. The van der Waals surface area contributed by atoms with Gasteiger partial charge in [0.15, 0.2) is 5.82 Å². The predicted octanol–water partition coefficient (Wildman–Crippen LogP) is 8.10. The molecular weight excluding hydrogens is 555 g/mol. The van der Waals surface area contributed by atoms with Gasteiger partial charge in [-0.3, -0.25) is 10.1 Å². The minimum absolute atomic E-state index is 0.0683. The summed E-state index contributed by atoms with van der Waals surface area (Å²) in [6.45, 7) is 28.3. The van der Waals surface area contributed by atoms with Crippen LogP contribution in [0.15, 0.2) is 91.6 Å². The molecular formula is C35H39FN6S. The Kier molecular flexibility index (Phi) is 9.30. The van der Waals surface area contributed by atoms with E-state index in [1.165, 1.54) is 0 Å². The van der Waals surface area contributed by atoms with Gasteiger partial charge < -0.3 is 10.3 Å². The molecule has 0 bridgehead atoms. The van der Waals surface area contributed by atoms with Crippen LogP contribution in [-0.2, 0) is 0 Å². The van der Waals surface area contributed by atoms with E-state index in [-0.39, 0.29) is 16.2 Å². The maximum absolute atomic E-state index is 16.5. The fraction of sp³-hybridized carbons (Fsp3) is 0.229. The Labute approximate surface area is 256 Å². The van der Waals surface area contributed by atoms with E-state index < -0.39 is 5.83 Å². The molecule has 8 heteroatoms. The van der Waals surface area contributed by atoms with E-state index in [0.717, 1.165) is 44.0 Å². The standard InChI is InChI=1S/C35H39FN6S/c1-11-23(16-24(12-2)38-21(6)17-35(8,9)10)22(7)31(36)30-26(13-3)41-42-33(30)34-39-27-19-37-18-25(32(27)40-34)29-15-14-28(43-29)20(4)5/h11-16,18-19,38,41H,2,4,6-7,17H2,1,3,5,8-10H3,(H,39,40)/b23-11+,24-16+,26-13+,31-30-. The number of thiophene rings is 1. The van der Waals surface area contributed by atoms with Gasteiger partial charge in [0.2, 0.25) is 0 Å². The van der Waals surface area contributed by atoms with E-state index in [0.29, 0.717) is 28.1 Å². The number of aromatic amines is 2. The van der Waals surface area contributed by atoms with Crippen molar-refractivity contribution in [3.8, 4) is 22.0 Å². The highest BCUT2D eigenvalue weighted by Crippen LogP contribution is 2.35. The zero-order valence-electron chi connectivity index (χ0n) is 25.8. The first-order valence-electron chi connectivity index (χ1n) is 14.0. The molecule has 0 spiro atoms. The number of halogens is 1. The van der Waals surface area contributed by atoms with Crippen molar-refractivity contribution in [1.82, 2.24) is 30.5 Å². The molecule has 0 aliphatic carbocycles. The molecule has 6 nitrogen and oxygen atoms in total. The number of rotatable bonds is 10. The zero-order chi connectivity index (χ0) is 31.5. The number of aromatic nitrogens is 5. The predicted molar refractivity (Wildman–Crippen MR) is 181 cm³/mol. The Morgan fingerprint density at radius 1 is 1.14 bits per heavy atom. The highest BCUT2D eigenvalue weighted by Gasteiger charge is 2.19. The van der Waals surface area contributed by atoms with Crippen molar-refractivity contribution < 1.29 is 4.39 Å². The Balaban J connectivity index is 1.79. The van der Waals surface area contributed by atoms with Gasteiger partial charge in [-0.25, -0.2) is 9.37 Å². The van der Waals surface area contributed by atoms with Gasteiger partial charge in [-0.2, -0.15) is 5.10 Å². The fourth-order valence-corrected chi connectivity index (χ4v) is 5.66. The Bertz CT molecular complexity index is 1920. The van der Waals surface area contributed by atoms with Crippen molar-refractivity contribution in [3.63, 3.8) is 0 Å². The Morgan fingerprint density at radius 3 is 2.49 bits per heavy atom. The monoisotopic (exact) mass is 594 g/mol. The summed E-state index contributed by atoms with van der Waals surface area (Å²) < 4.78 is 16.5. The molecule has 0 radical (unpaired) electrons. The topological polar surface area (TPSA) is 82.3 Å². The molecule has 43 heavy (non-hydrogen) atoms. The highest BCUT2D eigenvalue weighted by molar-refractivity contribution is 7.16. The molecule has 0 aliphatic heterocycles. The highest BCUT2D eigenvalue weighted by atomic mass is 32.1. The number of allylic oxidation sites excluding steroid dienone is 7. The fourth-order valence-electron chi connectivity index (χ4n) is 4.72. The van der Waals surface area contributed by atoms with Gasteiger partial charge in [0.25, 0.3) is 0 Å². The number of H-pyrrole nitrogens is 2. The molecule has 4 heterocycles. The van der Waals surface area contributed by atoms with Crippen LogP contribution in [0.1, 0.15) is 52.8 Å². The molecule has 0 saturated heterocycles. The van der Waals surface area contributed by atoms with Crippen LogP contribution in [0.3, 0.4) is 0 Å². The first-order valence-corrected chi connectivity index (χ1v) is 14.8. The summed E-state index contributed by atoms with van der Waals surface area (Å²) in [6, 6.07) is 4.08. The molecule has 0 aliphatic rings. The second kappa shape index (κ2) is 12.8. The molecule has 222 valence electrons. The van der Waals surface area contributed by atoms with Gasteiger partial charge in [0.1, 0.15) is 17.0 Å². The van der Waals surface area contributed by atoms with Gasteiger partial charge in [-0.15, -0.1) is 11.3 Å². The summed E-state index contributed by atoms with van der Waals surface area (Å²) in [5.74, 6) is -0.0889. The van der Waals surface area contributed by atoms with Crippen LogP contribution < -0.4 is 15.9 Å². The molecule has 0 fully saturated rings. The normalized spacial score (nSPS) is 13.8. The molecule has 0 saturated carbocycles. The summed E-state index contributed by atoms with van der Waals surface area (Å²) in [5.41, 5.74) is 6.10. The Hall–Kier alpha value is -4.56. The molecule has 0 atom stereocenters. The van der Waals surface area contributed by atoms with E-state index in [4.69, 9.17) is 4.98 Å². The lowest BCUT2D eigenvalue weighted by atomic mass is 9.91. The summed E-state index contributed by atoms with van der Waals surface area (Å²) in [6.07, 6.45) is 11.4. The summed E-state index contributed by atoms with van der Waals surface area (Å²) >= 11 is 1.63. The van der Waals surface area contributed by atoms with Gasteiger partial charge >= 0.3 is 0 Å². The maximum atomic E-state index is 16.5. The molecule has 0 aromatic carbocycles. The van der Waals surface area contributed by atoms with Crippen LogP contribution in [0.25, 0.3) is 50.5 Å². The van der Waals surface area contributed by atoms with Crippen LogP contribution in [-0.4, -0.2) is 25.1 Å². The van der Waals surface area contributed by atoms with Gasteiger partial charge in [0, 0.05) is 38.5 Å². The lowest BCUT2D eigenvalue weighted by Crippen LogP contribution is -2.26. The van der Waals surface area contributed by atoms with Crippen LogP contribution in [0.4, 0.5) is 4.39 Å². The largest absolute Gasteiger partial charge is 0.359 e. The third kappa shape index (κ3) is 6.92. The number of pyridine rings is 1. The summed E-state index contributed by atoms with van der Waals surface area (Å²) in [4.78, 5) is 14.7. The Morgan fingerprint density at radius 2 is 1.88 bits per heavy atom. The first-order chi connectivity index (χ1) is 20.4. The zero-order valence-corrected chi connectivity index (χ0v) is 26.6. The molecule has 0 amide bonds. The van der Waals surface area contributed by atoms with Crippen molar-refractivity contribution in [2.24, 2.45) is 5.41 Å². The number of imidazole rings is 1. The molecule has 4 aromatic heterocycles. The second-order valence-electron chi connectivity index (χ2n) is 11.6. The molecule has 0 unspecified atom stereocenters. The lowest BCUT2D eigenvalue weighted by Gasteiger charge is -2.21. The number of nitrogens with zero attached hydrogens (tertiary/aromatic N) is 3. The van der Waals surface area contributed by atoms with E-state index >= 15 is 4.39 Å². The van der Waals surface area contributed by atoms with Crippen molar-refractivity contribution >= 4 is 39.8 Å². The molecule has 4 aromatic rings. The minimum atomic E-state index is -0.513. The average Bonchev–Trinajstić information content (AvgIpc) is 3.71.